The van der Waals surface area contributed by atoms with Crippen LogP contribution in [0.2, 0.25) is 0 Å². The molecule has 3 rings (SSSR count). The molecule has 0 N–H and O–H groups in total. The van der Waals surface area contributed by atoms with Crippen molar-refractivity contribution in [2.45, 2.75) is 39.9 Å². The third-order valence-corrected chi connectivity index (χ3v) is 5.66. The van der Waals surface area contributed by atoms with Crippen LogP contribution in [0.15, 0.2) is 34.2 Å². The van der Waals surface area contributed by atoms with Crippen molar-refractivity contribution in [3.63, 3.8) is 0 Å². The number of carbonyl (C=O) groups excluding carboxylic acids is 1. The Balaban J connectivity index is 1.70. The monoisotopic (exact) mass is 373 g/mol. The number of carbonyl (C=O) groups is 1. The maximum absolute atomic E-state index is 12.3. The highest BCUT2D eigenvalue weighted by Gasteiger charge is 2.30. The Morgan fingerprint density at radius 1 is 1.19 bits per heavy atom. The molecular formula is C20H27N3O2S. The first-order valence-corrected chi connectivity index (χ1v) is 10.1. The third kappa shape index (κ3) is 4.30. The Kier molecular flexibility index (Phi) is 6.04. The lowest BCUT2D eigenvalue weighted by molar-refractivity contribution is -0.113. The number of hydrogen-bond acceptors (Lipinski definition) is 5. The van der Waals surface area contributed by atoms with Crippen molar-refractivity contribution in [3.8, 4) is 0 Å². The van der Waals surface area contributed by atoms with Gasteiger partial charge in [-0.15, -0.1) is 0 Å². The molecule has 2 unspecified atom stereocenters. The summed E-state index contributed by atoms with van der Waals surface area (Å²) < 4.78 is 5.76. The molecule has 1 saturated heterocycles. The van der Waals surface area contributed by atoms with Crippen molar-refractivity contribution in [2.24, 2.45) is 4.99 Å². The Morgan fingerprint density at radius 3 is 2.38 bits per heavy atom. The summed E-state index contributed by atoms with van der Waals surface area (Å²) in [7, 11) is 0. The predicted molar refractivity (Wildman–Crippen MR) is 110 cm³/mol. The second kappa shape index (κ2) is 8.27. The van der Waals surface area contributed by atoms with Crippen molar-refractivity contribution in [2.75, 3.05) is 31.1 Å². The van der Waals surface area contributed by atoms with E-state index in [1.807, 2.05) is 6.08 Å². The van der Waals surface area contributed by atoms with Gasteiger partial charge < -0.3 is 14.5 Å². The van der Waals surface area contributed by atoms with E-state index in [2.05, 4.69) is 66.8 Å². The standard InChI is InChI=1S/C20H27N3O2S/c1-5-22(6-2)17-9-7-16(8-10-17)11-18-19(24)21-20(26-18)23-12-14(3)25-15(4)13-23/h7-11,14-15H,5-6,12-13H2,1-4H3/b18-11-. The van der Waals surface area contributed by atoms with Crippen LogP contribution in [0.25, 0.3) is 6.08 Å². The van der Waals surface area contributed by atoms with Gasteiger partial charge in [0.1, 0.15) is 0 Å². The largest absolute Gasteiger partial charge is 0.372 e. The first kappa shape index (κ1) is 19.0. The van der Waals surface area contributed by atoms with Gasteiger partial charge in [0.15, 0.2) is 5.17 Å². The van der Waals surface area contributed by atoms with Gasteiger partial charge in [0, 0.05) is 31.9 Å². The van der Waals surface area contributed by atoms with Crippen LogP contribution >= 0.6 is 11.8 Å². The van der Waals surface area contributed by atoms with Gasteiger partial charge in [-0.05, 0) is 63.2 Å². The molecule has 0 bridgehead atoms. The Hall–Kier alpha value is -1.79. The lowest BCUT2D eigenvalue weighted by Crippen LogP contribution is -2.47. The van der Waals surface area contributed by atoms with Gasteiger partial charge in [-0.1, -0.05) is 12.1 Å². The van der Waals surface area contributed by atoms with Crippen LogP contribution in [0.4, 0.5) is 5.69 Å². The third-order valence-electron chi connectivity index (χ3n) is 4.62. The fourth-order valence-corrected chi connectivity index (χ4v) is 4.32. The van der Waals surface area contributed by atoms with Crippen LogP contribution in [0, 0.1) is 0 Å². The number of ether oxygens (including phenoxy) is 1. The Morgan fingerprint density at radius 2 is 1.81 bits per heavy atom. The van der Waals surface area contributed by atoms with Gasteiger partial charge in [-0.3, -0.25) is 4.79 Å². The molecule has 26 heavy (non-hydrogen) atoms. The molecule has 5 nitrogen and oxygen atoms in total. The van der Waals surface area contributed by atoms with E-state index in [0.717, 1.165) is 36.9 Å². The summed E-state index contributed by atoms with van der Waals surface area (Å²) in [5.41, 5.74) is 2.23. The Bertz CT molecular complexity index is 700. The molecule has 6 heteroatoms. The number of nitrogens with zero attached hydrogens (tertiary/aromatic N) is 3. The topological polar surface area (TPSA) is 45.1 Å². The molecule has 0 spiro atoms. The molecule has 2 heterocycles. The zero-order valence-corrected chi connectivity index (χ0v) is 16.8. The second-order valence-electron chi connectivity index (χ2n) is 6.74. The molecule has 2 aliphatic rings. The van der Waals surface area contributed by atoms with Crippen LogP contribution in [-0.4, -0.2) is 54.4 Å². The summed E-state index contributed by atoms with van der Waals surface area (Å²) in [4.78, 5) is 21.7. The number of anilines is 1. The molecule has 0 radical (unpaired) electrons. The van der Waals surface area contributed by atoms with E-state index in [1.165, 1.54) is 17.4 Å². The number of rotatable bonds is 4. The number of aliphatic imine (C=N–C) groups is 1. The number of hydrogen-bond donors (Lipinski definition) is 0. The molecule has 2 aliphatic heterocycles. The maximum Gasteiger partial charge on any atom is 0.286 e. The van der Waals surface area contributed by atoms with Gasteiger partial charge in [-0.2, -0.15) is 4.99 Å². The van der Waals surface area contributed by atoms with Crippen LogP contribution in [-0.2, 0) is 9.53 Å². The van der Waals surface area contributed by atoms with Crippen LogP contribution in [0.1, 0.15) is 33.3 Å². The van der Waals surface area contributed by atoms with E-state index in [1.54, 1.807) is 0 Å². The lowest BCUT2D eigenvalue weighted by Gasteiger charge is -2.35. The fourth-order valence-electron chi connectivity index (χ4n) is 3.39. The fraction of sp³-hybridized carbons (Fsp3) is 0.500. The second-order valence-corrected chi connectivity index (χ2v) is 7.75. The van der Waals surface area contributed by atoms with Crippen LogP contribution < -0.4 is 4.90 Å². The van der Waals surface area contributed by atoms with E-state index in [-0.39, 0.29) is 18.1 Å². The normalized spacial score (nSPS) is 24.9. The Labute approximate surface area is 160 Å². The molecule has 0 aliphatic carbocycles. The quantitative estimate of drug-likeness (QED) is 0.755. The number of amidine groups is 1. The number of thioether (sulfide) groups is 1. The minimum atomic E-state index is -0.149. The van der Waals surface area contributed by atoms with Gasteiger partial charge in [0.05, 0.1) is 17.1 Å². The molecular weight excluding hydrogens is 346 g/mol. The highest BCUT2D eigenvalue weighted by atomic mass is 32.2. The highest BCUT2D eigenvalue weighted by molar-refractivity contribution is 8.18. The molecule has 140 valence electrons. The summed E-state index contributed by atoms with van der Waals surface area (Å²) in [6, 6.07) is 8.34. The molecule has 2 atom stereocenters. The van der Waals surface area contributed by atoms with E-state index in [9.17, 15) is 4.79 Å². The van der Waals surface area contributed by atoms with E-state index >= 15 is 0 Å². The van der Waals surface area contributed by atoms with E-state index in [0.29, 0.717) is 4.91 Å². The lowest BCUT2D eigenvalue weighted by atomic mass is 10.2. The van der Waals surface area contributed by atoms with Gasteiger partial charge >= 0.3 is 0 Å². The minimum Gasteiger partial charge on any atom is -0.372 e. The molecule has 0 aromatic heterocycles. The van der Waals surface area contributed by atoms with Gasteiger partial charge in [0.2, 0.25) is 0 Å². The zero-order valence-electron chi connectivity index (χ0n) is 15.9. The number of amides is 1. The van der Waals surface area contributed by atoms with Crippen molar-refractivity contribution in [3.05, 3.63) is 34.7 Å². The molecule has 1 aromatic rings. The summed E-state index contributed by atoms with van der Waals surface area (Å²) in [5, 5.41) is 0.794. The summed E-state index contributed by atoms with van der Waals surface area (Å²) in [6.07, 6.45) is 2.23. The highest BCUT2D eigenvalue weighted by Crippen LogP contribution is 2.31. The smallest absolute Gasteiger partial charge is 0.286 e. The molecule has 0 saturated carbocycles. The molecule has 1 aromatic carbocycles. The average molecular weight is 374 g/mol. The number of benzene rings is 1. The van der Waals surface area contributed by atoms with Gasteiger partial charge in [0.25, 0.3) is 5.91 Å². The zero-order chi connectivity index (χ0) is 18.7. The van der Waals surface area contributed by atoms with Crippen molar-refractivity contribution in [1.29, 1.82) is 0 Å². The predicted octanol–water partition coefficient (Wildman–Crippen LogP) is 3.61. The first-order valence-electron chi connectivity index (χ1n) is 9.28. The summed E-state index contributed by atoms with van der Waals surface area (Å²) >= 11 is 1.47. The first-order chi connectivity index (χ1) is 12.5. The maximum atomic E-state index is 12.3. The average Bonchev–Trinajstić information content (AvgIpc) is 2.97. The van der Waals surface area contributed by atoms with Crippen LogP contribution in [0.3, 0.4) is 0 Å². The molecule has 1 fully saturated rings. The number of morpholine rings is 1. The van der Waals surface area contributed by atoms with Crippen molar-refractivity contribution < 1.29 is 9.53 Å². The van der Waals surface area contributed by atoms with Gasteiger partial charge in [-0.25, -0.2) is 0 Å². The van der Waals surface area contributed by atoms with Crippen molar-refractivity contribution >= 4 is 34.6 Å². The van der Waals surface area contributed by atoms with Crippen LogP contribution in [0.5, 0.6) is 0 Å². The SMILES string of the molecule is CCN(CC)c1ccc(/C=C2\SC(N3CC(C)OC(C)C3)=NC2=O)cc1. The summed E-state index contributed by atoms with van der Waals surface area (Å²) in [5.74, 6) is -0.149. The minimum absolute atomic E-state index is 0.149. The molecule has 1 amide bonds. The van der Waals surface area contributed by atoms with E-state index in [4.69, 9.17) is 4.74 Å². The summed E-state index contributed by atoms with van der Waals surface area (Å²) in [6.45, 7) is 11.9. The van der Waals surface area contributed by atoms with Crippen molar-refractivity contribution in [1.82, 2.24) is 4.90 Å². The van der Waals surface area contributed by atoms with E-state index < -0.39 is 0 Å².